The van der Waals surface area contributed by atoms with Gasteiger partial charge in [0, 0.05) is 24.1 Å². The minimum Gasteiger partial charge on any atom is -0.508 e. The van der Waals surface area contributed by atoms with Gasteiger partial charge < -0.3 is 30.3 Å². The molecular formula is C16H18O6. The lowest BCUT2D eigenvalue weighted by molar-refractivity contribution is 0.0434. The van der Waals surface area contributed by atoms with Gasteiger partial charge in [-0.1, -0.05) is 6.58 Å². The molecule has 0 unspecified atom stereocenters. The van der Waals surface area contributed by atoms with Gasteiger partial charge in [-0.3, -0.25) is 0 Å². The lowest BCUT2D eigenvalue weighted by Gasteiger charge is -2.31. The number of ether oxygens (including phenoxy) is 1. The smallest absolute Gasteiger partial charge is 0.157 e. The molecule has 1 aromatic carbocycles. The van der Waals surface area contributed by atoms with Gasteiger partial charge >= 0.3 is 0 Å². The van der Waals surface area contributed by atoms with Crippen LogP contribution in [0.25, 0.3) is 0 Å². The summed E-state index contributed by atoms with van der Waals surface area (Å²) in [5, 5.41) is 48.5. The van der Waals surface area contributed by atoms with E-state index < -0.39 is 18.0 Å². The average Bonchev–Trinajstić information content (AvgIpc) is 2.46. The van der Waals surface area contributed by atoms with E-state index in [-0.39, 0.29) is 35.0 Å². The Morgan fingerprint density at radius 1 is 1.27 bits per heavy atom. The summed E-state index contributed by atoms with van der Waals surface area (Å²) in [4.78, 5) is 0. The zero-order valence-corrected chi connectivity index (χ0v) is 12.0. The van der Waals surface area contributed by atoms with Gasteiger partial charge in [-0.05, 0) is 24.6 Å². The highest BCUT2D eigenvalue weighted by Gasteiger charge is 2.32. The number of hydrogen-bond donors (Lipinski definition) is 5. The number of phenols is 2. The van der Waals surface area contributed by atoms with Gasteiger partial charge in [0.25, 0.3) is 0 Å². The molecule has 5 N–H and O–H groups in total. The predicted molar refractivity (Wildman–Crippen MR) is 80.1 cm³/mol. The van der Waals surface area contributed by atoms with Crippen LogP contribution in [0.1, 0.15) is 12.5 Å². The molecule has 118 valence electrons. The van der Waals surface area contributed by atoms with Gasteiger partial charge in [0.1, 0.15) is 23.4 Å². The van der Waals surface area contributed by atoms with E-state index in [1.165, 1.54) is 24.3 Å². The maximum absolute atomic E-state index is 10.1. The summed E-state index contributed by atoms with van der Waals surface area (Å²) < 4.78 is 5.56. The molecule has 1 aliphatic rings. The molecule has 0 saturated heterocycles. The minimum absolute atomic E-state index is 0.106. The van der Waals surface area contributed by atoms with Crippen molar-refractivity contribution in [3.05, 3.63) is 53.5 Å². The number of aliphatic hydroxyl groups excluding tert-OH is 3. The zero-order chi connectivity index (χ0) is 16.4. The zero-order valence-electron chi connectivity index (χ0n) is 12.0. The highest BCUT2D eigenvalue weighted by Crippen LogP contribution is 2.39. The van der Waals surface area contributed by atoms with Crippen LogP contribution >= 0.6 is 0 Å². The van der Waals surface area contributed by atoms with E-state index in [0.29, 0.717) is 5.56 Å². The van der Waals surface area contributed by atoms with Gasteiger partial charge in [0.2, 0.25) is 0 Å². The summed E-state index contributed by atoms with van der Waals surface area (Å²) >= 11 is 0. The maximum atomic E-state index is 10.1. The molecule has 1 aromatic rings. The molecule has 2 atom stereocenters. The number of allylic oxidation sites excluding steroid dienone is 1. The van der Waals surface area contributed by atoms with Gasteiger partial charge in [-0.2, -0.15) is 0 Å². The first kappa shape index (κ1) is 15.8. The standard InChI is InChI=1S/C16H18O6/c1-3-11(18)13(20)4-8(2)16-14(21)7-10-12(19)5-9(17)6-15(10)22-16/h3-6,14,16-21H,2,7H2,1H3/b11-3+,13-4+/t14-,16+/m1/s1. The summed E-state index contributed by atoms with van der Waals surface area (Å²) in [6.07, 6.45) is 0.738. The summed E-state index contributed by atoms with van der Waals surface area (Å²) in [5.41, 5.74) is 0.630. The van der Waals surface area contributed by atoms with E-state index in [9.17, 15) is 25.5 Å². The molecule has 0 spiro atoms. The fraction of sp³-hybridized carbons (Fsp3) is 0.250. The quantitative estimate of drug-likeness (QED) is 0.432. The molecule has 0 saturated carbocycles. The molecule has 2 rings (SSSR count). The van der Waals surface area contributed by atoms with E-state index in [2.05, 4.69) is 6.58 Å². The van der Waals surface area contributed by atoms with Gasteiger partial charge in [0.15, 0.2) is 11.5 Å². The fourth-order valence-corrected chi connectivity index (χ4v) is 2.26. The molecule has 22 heavy (non-hydrogen) atoms. The van der Waals surface area contributed by atoms with Crippen LogP contribution in [0.5, 0.6) is 17.2 Å². The van der Waals surface area contributed by atoms with Crippen LogP contribution in [-0.2, 0) is 6.42 Å². The first-order chi connectivity index (χ1) is 10.3. The second-order valence-electron chi connectivity index (χ2n) is 5.03. The molecular weight excluding hydrogens is 288 g/mol. The molecule has 1 aliphatic heterocycles. The third-order valence-corrected chi connectivity index (χ3v) is 3.41. The number of aliphatic hydroxyl groups is 3. The Morgan fingerprint density at radius 3 is 2.59 bits per heavy atom. The lowest BCUT2D eigenvalue weighted by atomic mass is 9.94. The number of rotatable bonds is 3. The number of aromatic hydroxyl groups is 2. The highest BCUT2D eigenvalue weighted by atomic mass is 16.5. The van der Waals surface area contributed by atoms with Crippen molar-refractivity contribution in [3.63, 3.8) is 0 Å². The van der Waals surface area contributed by atoms with E-state index in [4.69, 9.17) is 4.74 Å². The van der Waals surface area contributed by atoms with Crippen molar-refractivity contribution < 1.29 is 30.3 Å². The number of fused-ring (bicyclic) bond motifs is 1. The molecule has 0 amide bonds. The van der Waals surface area contributed by atoms with Crippen LogP contribution < -0.4 is 4.74 Å². The Bertz CT molecular complexity index is 659. The molecule has 0 aliphatic carbocycles. The van der Waals surface area contributed by atoms with Gasteiger partial charge in [-0.25, -0.2) is 0 Å². The Kier molecular flexibility index (Phi) is 4.32. The molecule has 0 radical (unpaired) electrons. The normalized spacial score (nSPS) is 21.9. The van der Waals surface area contributed by atoms with E-state index in [1.807, 2.05) is 0 Å². The number of hydrogen-bond acceptors (Lipinski definition) is 6. The molecule has 1 heterocycles. The van der Waals surface area contributed by atoms with Crippen molar-refractivity contribution in [3.8, 4) is 17.2 Å². The maximum Gasteiger partial charge on any atom is 0.157 e. The largest absolute Gasteiger partial charge is 0.508 e. The summed E-state index contributed by atoms with van der Waals surface area (Å²) in [5.74, 6) is -0.808. The molecule has 0 fully saturated rings. The predicted octanol–water partition coefficient (Wildman–Crippen LogP) is 2.22. The van der Waals surface area contributed by atoms with Gasteiger partial charge in [-0.15, -0.1) is 0 Å². The van der Waals surface area contributed by atoms with Crippen molar-refractivity contribution in [2.45, 2.75) is 25.6 Å². The third kappa shape index (κ3) is 3.01. The van der Waals surface area contributed by atoms with Crippen LogP contribution in [0.3, 0.4) is 0 Å². The third-order valence-electron chi connectivity index (χ3n) is 3.41. The van der Waals surface area contributed by atoms with E-state index in [1.54, 1.807) is 6.92 Å². The Balaban J connectivity index is 2.29. The van der Waals surface area contributed by atoms with Crippen LogP contribution in [0.2, 0.25) is 0 Å². The fourth-order valence-electron chi connectivity index (χ4n) is 2.26. The van der Waals surface area contributed by atoms with Crippen molar-refractivity contribution in [1.82, 2.24) is 0 Å². The molecule has 6 heteroatoms. The molecule has 6 nitrogen and oxygen atoms in total. The summed E-state index contributed by atoms with van der Waals surface area (Å²) in [7, 11) is 0. The van der Waals surface area contributed by atoms with Crippen LogP contribution in [0, 0.1) is 0 Å². The van der Waals surface area contributed by atoms with E-state index in [0.717, 1.165) is 0 Å². The highest BCUT2D eigenvalue weighted by molar-refractivity contribution is 5.51. The van der Waals surface area contributed by atoms with Crippen molar-refractivity contribution in [2.75, 3.05) is 0 Å². The molecule has 0 bridgehead atoms. The SMILES string of the molecule is C=C(/C=C(O)\C(O)=C/C)[C@@H]1Oc2cc(O)cc(O)c2C[C@H]1O. The minimum atomic E-state index is -0.993. The van der Waals surface area contributed by atoms with Crippen molar-refractivity contribution in [1.29, 1.82) is 0 Å². The first-order valence-electron chi connectivity index (χ1n) is 6.68. The number of phenolic OH excluding ortho intramolecular Hbond substituents is 2. The lowest BCUT2D eigenvalue weighted by Crippen LogP contribution is -2.38. The van der Waals surface area contributed by atoms with Crippen molar-refractivity contribution in [2.24, 2.45) is 0 Å². The second kappa shape index (κ2) is 6.03. The Hall–Kier alpha value is -2.60. The van der Waals surface area contributed by atoms with Crippen LogP contribution in [-0.4, -0.2) is 37.7 Å². The first-order valence-corrected chi connectivity index (χ1v) is 6.68. The summed E-state index contributed by atoms with van der Waals surface area (Å²) in [6, 6.07) is 2.49. The number of benzene rings is 1. The van der Waals surface area contributed by atoms with Crippen LogP contribution in [0.4, 0.5) is 0 Å². The van der Waals surface area contributed by atoms with E-state index >= 15 is 0 Å². The Labute approximate surface area is 127 Å². The topological polar surface area (TPSA) is 110 Å². The van der Waals surface area contributed by atoms with Gasteiger partial charge in [0.05, 0.1) is 6.10 Å². The van der Waals surface area contributed by atoms with Crippen molar-refractivity contribution >= 4 is 0 Å². The monoisotopic (exact) mass is 306 g/mol. The Morgan fingerprint density at radius 2 is 1.95 bits per heavy atom. The summed E-state index contributed by atoms with van der Waals surface area (Å²) in [6.45, 7) is 5.27. The van der Waals surface area contributed by atoms with Crippen LogP contribution in [0.15, 0.2) is 48.0 Å². The molecule has 0 aromatic heterocycles. The average molecular weight is 306 g/mol. The second-order valence-corrected chi connectivity index (χ2v) is 5.03.